The zero-order chi connectivity index (χ0) is 22.5. The summed E-state index contributed by atoms with van der Waals surface area (Å²) in [4.78, 5) is 26.0. The van der Waals surface area contributed by atoms with Gasteiger partial charge in [-0.25, -0.2) is 4.79 Å². The molecular weight excluding hydrogens is 406 g/mol. The quantitative estimate of drug-likeness (QED) is 0.423. The first-order valence-electron chi connectivity index (χ1n) is 10.0. The van der Waals surface area contributed by atoms with E-state index in [1.807, 2.05) is 54.6 Å². The number of benzene rings is 3. The van der Waals surface area contributed by atoms with Crippen LogP contribution in [0.5, 0.6) is 5.75 Å². The fourth-order valence-corrected chi connectivity index (χ4v) is 3.47. The van der Waals surface area contributed by atoms with E-state index in [-0.39, 0.29) is 23.0 Å². The third-order valence-electron chi connectivity index (χ3n) is 5.12. The van der Waals surface area contributed by atoms with Crippen molar-refractivity contribution >= 4 is 11.9 Å². The van der Waals surface area contributed by atoms with Gasteiger partial charge in [-0.1, -0.05) is 60.7 Å². The SMILES string of the molecule is O=C(O)c1cc(-c2ccc(CN(Cc3ccccc3)C(=O)c3ccco3)cc2)ccc1O. The number of furan rings is 1. The summed E-state index contributed by atoms with van der Waals surface area (Å²) in [6, 6.07) is 25.1. The average molecular weight is 427 g/mol. The molecule has 4 aromatic rings. The highest BCUT2D eigenvalue weighted by molar-refractivity contribution is 5.92. The van der Waals surface area contributed by atoms with Gasteiger partial charge in [-0.15, -0.1) is 0 Å². The van der Waals surface area contributed by atoms with Crippen LogP contribution in [0, 0.1) is 0 Å². The van der Waals surface area contributed by atoms with Crippen molar-refractivity contribution in [1.82, 2.24) is 4.90 Å². The molecule has 32 heavy (non-hydrogen) atoms. The molecule has 0 spiro atoms. The number of carbonyl (C=O) groups excluding carboxylic acids is 1. The molecule has 0 saturated carbocycles. The number of nitrogens with zero attached hydrogens (tertiary/aromatic N) is 1. The minimum absolute atomic E-state index is 0.148. The number of carbonyl (C=O) groups is 2. The fraction of sp³-hybridized carbons (Fsp3) is 0.0769. The third kappa shape index (κ3) is 4.70. The van der Waals surface area contributed by atoms with Crippen molar-refractivity contribution in [3.8, 4) is 16.9 Å². The van der Waals surface area contributed by atoms with Crippen molar-refractivity contribution in [2.45, 2.75) is 13.1 Å². The Bertz CT molecular complexity index is 1220. The maximum atomic E-state index is 13.0. The second-order valence-electron chi connectivity index (χ2n) is 7.36. The van der Waals surface area contributed by atoms with E-state index in [1.165, 1.54) is 18.4 Å². The molecule has 0 bridgehead atoms. The van der Waals surface area contributed by atoms with Gasteiger partial charge in [0.25, 0.3) is 5.91 Å². The molecule has 3 aromatic carbocycles. The Morgan fingerprint density at radius 2 is 1.44 bits per heavy atom. The summed E-state index contributed by atoms with van der Waals surface area (Å²) in [5.74, 6) is -1.38. The molecule has 0 aliphatic rings. The van der Waals surface area contributed by atoms with Gasteiger partial charge in [0.2, 0.25) is 0 Å². The molecule has 1 amide bonds. The largest absolute Gasteiger partial charge is 0.507 e. The second kappa shape index (κ2) is 9.22. The monoisotopic (exact) mass is 427 g/mol. The Labute approximate surface area is 185 Å². The van der Waals surface area contributed by atoms with Gasteiger partial charge in [0.05, 0.1) is 6.26 Å². The van der Waals surface area contributed by atoms with Crippen molar-refractivity contribution in [1.29, 1.82) is 0 Å². The molecule has 0 atom stereocenters. The fourth-order valence-electron chi connectivity index (χ4n) is 3.47. The van der Waals surface area contributed by atoms with E-state index in [9.17, 15) is 19.8 Å². The molecular formula is C26H21NO5. The third-order valence-corrected chi connectivity index (χ3v) is 5.12. The van der Waals surface area contributed by atoms with Gasteiger partial charge in [0, 0.05) is 13.1 Å². The Morgan fingerprint density at radius 3 is 2.06 bits per heavy atom. The van der Waals surface area contributed by atoms with Crippen LogP contribution in [0.25, 0.3) is 11.1 Å². The summed E-state index contributed by atoms with van der Waals surface area (Å²) in [5, 5.41) is 18.9. The topological polar surface area (TPSA) is 91.0 Å². The van der Waals surface area contributed by atoms with E-state index in [1.54, 1.807) is 23.1 Å². The van der Waals surface area contributed by atoms with Crippen LogP contribution in [0.2, 0.25) is 0 Å². The molecule has 0 fully saturated rings. The van der Waals surface area contributed by atoms with Crippen LogP contribution in [0.4, 0.5) is 0 Å². The van der Waals surface area contributed by atoms with Crippen molar-refractivity contribution in [3.05, 3.63) is 114 Å². The highest BCUT2D eigenvalue weighted by Crippen LogP contribution is 2.27. The number of aromatic hydroxyl groups is 1. The van der Waals surface area contributed by atoms with Crippen molar-refractivity contribution in [2.24, 2.45) is 0 Å². The molecule has 4 rings (SSSR count). The summed E-state index contributed by atoms with van der Waals surface area (Å²) in [5.41, 5.74) is 3.27. The molecule has 6 nitrogen and oxygen atoms in total. The summed E-state index contributed by atoms with van der Waals surface area (Å²) in [6.45, 7) is 0.812. The minimum atomic E-state index is -1.19. The summed E-state index contributed by atoms with van der Waals surface area (Å²) < 4.78 is 5.31. The molecule has 0 saturated heterocycles. The summed E-state index contributed by atoms with van der Waals surface area (Å²) >= 11 is 0. The number of carboxylic acid groups (broad SMARTS) is 1. The van der Waals surface area contributed by atoms with E-state index in [0.29, 0.717) is 18.7 Å². The maximum absolute atomic E-state index is 13.0. The molecule has 0 radical (unpaired) electrons. The van der Waals surface area contributed by atoms with E-state index in [2.05, 4.69) is 0 Å². The molecule has 1 heterocycles. The van der Waals surface area contributed by atoms with Gasteiger partial charge >= 0.3 is 5.97 Å². The number of phenols is 1. The van der Waals surface area contributed by atoms with Crippen LogP contribution < -0.4 is 0 Å². The first-order chi connectivity index (χ1) is 15.5. The van der Waals surface area contributed by atoms with Gasteiger partial charge < -0.3 is 19.5 Å². The molecule has 6 heteroatoms. The number of hydrogen-bond acceptors (Lipinski definition) is 4. The average Bonchev–Trinajstić information content (AvgIpc) is 3.34. The van der Waals surface area contributed by atoms with Crippen LogP contribution >= 0.6 is 0 Å². The first kappa shape index (κ1) is 20.9. The Morgan fingerprint density at radius 1 is 0.781 bits per heavy atom. The van der Waals surface area contributed by atoms with Crippen LogP contribution in [-0.2, 0) is 13.1 Å². The summed E-state index contributed by atoms with van der Waals surface area (Å²) in [7, 11) is 0. The summed E-state index contributed by atoms with van der Waals surface area (Å²) in [6.07, 6.45) is 1.48. The van der Waals surface area contributed by atoms with E-state index < -0.39 is 5.97 Å². The number of carboxylic acids is 1. The molecule has 160 valence electrons. The number of amides is 1. The molecule has 2 N–H and O–H groups in total. The smallest absolute Gasteiger partial charge is 0.339 e. The minimum Gasteiger partial charge on any atom is -0.507 e. The van der Waals surface area contributed by atoms with Crippen molar-refractivity contribution in [3.63, 3.8) is 0 Å². The normalized spacial score (nSPS) is 10.6. The van der Waals surface area contributed by atoms with Gasteiger partial charge in [0.15, 0.2) is 5.76 Å². The number of aromatic carboxylic acids is 1. The lowest BCUT2D eigenvalue weighted by atomic mass is 10.0. The lowest BCUT2D eigenvalue weighted by Gasteiger charge is -2.22. The van der Waals surface area contributed by atoms with Crippen LogP contribution in [-0.4, -0.2) is 27.0 Å². The van der Waals surface area contributed by atoms with Crippen LogP contribution in [0.1, 0.15) is 32.0 Å². The molecule has 0 unspecified atom stereocenters. The Balaban J connectivity index is 1.57. The van der Waals surface area contributed by atoms with E-state index in [0.717, 1.165) is 16.7 Å². The van der Waals surface area contributed by atoms with Crippen LogP contribution in [0.3, 0.4) is 0 Å². The number of rotatable bonds is 7. The van der Waals surface area contributed by atoms with E-state index >= 15 is 0 Å². The standard InChI is InChI=1S/C26H21NO5/c28-23-13-12-21(15-22(23)26(30)31)20-10-8-19(9-11-20)17-27(16-18-5-2-1-3-6-18)25(29)24-7-4-14-32-24/h1-15,28H,16-17H2,(H,30,31). The van der Waals surface area contributed by atoms with E-state index in [4.69, 9.17) is 4.42 Å². The molecule has 0 aliphatic heterocycles. The van der Waals surface area contributed by atoms with Crippen molar-refractivity contribution in [2.75, 3.05) is 0 Å². The lowest BCUT2D eigenvalue weighted by molar-refractivity contribution is 0.0687. The lowest BCUT2D eigenvalue weighted by Crippen LogP contribution is -2.29. The predicted octanol–water partition coefficient (Wildman–Crippen LogP) is 5.19. The van der Waals surface area contributed by atoms with Gasteiger partial charge in [-0.2, -0.15) is 0 Å². The van der Waals surface area contributed by atoms with Gasteiger partial charge in [-0.05, 0) is 46.5 Å². The Kier molecular flexibility index (Phi) is 6.03. The highest BCUT2D eigenvalue weighted by Gasteiger charge is 2.19. The van der Waals surface area contributed by atoms with Gasteiger partial charge in [0.1, 0.15) is 11.3 Å². The molecule has 1 aromatic heterocycles. The first-order valence-corrected chi connectivity index (χ1v) is 10.0. The second-order valence-corrected chi connectivity index (χ2v) is 7.36. The Hall–Kier alpha value is -4.32. The zero-order valence-electron chi connectivity index (χ0n) is 17.1. The molecule has 0 aliphatic carbocycles. The predicted molar refractivity (Wildman–Crippen MR) is 119 cm³/mol. The number of hydrogen-bond donors (Lipinski definition) is 2. The van der Waals surface area contributed by atoms with Crippen LogP contribution in [0.15, 0.2) is 95.6 Å². The van der Waals surface area contributed by atoms with Gasteiger partial charge in [-0.3, -0.25) is 4.79 Å². The van der Waals surface area contributed by atoms with Crippen molar-refractivity contribution < 1.29 is 24.2 Å². The maximum Gasteiger partial charge on any atom is 0.339 e. The zero-order valence-corrected chi connectivity index (χ0v) is 17.1. The highest BCUT2D eigenvalue weighted by atomic mass is 16.4.